The Bertz CT molecular complexity index is 1030. The Balaban J connectivity index is 1.46. The van der Waals surface area contributed by atoms with E-state index in [0.717, 1.165) is 24.1 Å². The van der Waals surface area contributed by atoms with Gasteiger partial charge < -0.3 is 14.6 Å². The quantitative estimate of drug-likeness (QED) is 0.683. The van der Waals surface area contributed by atoms with Crippen LogP contribution in [-0.4, -0.2) is 33.8 Å². The van der Waals surface area contributed by atoms with Gasteiger partial charge in [-0.2, -0.15) is 4.98 Å². The first-order chi connectivity index (χ1) is 14.5. The average molecular weight is 407 g/mol. The number of aromatic nitrogens is 3. The van der Waals surface area contributed by atoms with Crippen LogP contribution in [0.3, 0.4) is 0 Å². The van der Waals surface area contributed by atoms with Crippen molar-refractivity contribution >= 4 is 11.7 Å². The number of para-hydroxylation sites is 1. The van der Waals surface area contributed by atoms with Gasteiger partial charge in [0, 0.05) is 30.1 Å². The first-order valence-electron chi connectivity index (χ1n) is 10.1. The maximum absolute atomic E-state index is 12.9. The van der Waals surface area contributed by atoms with Crippen molar-refractivity contribution in [2.45, 2.75) is 45.8 Å². The second-order valence-corrected chi connectivity index (χ2v) is 7.56. The van der Waals surface area contributed by atoms with Crippen LogP contribution in [0.25, 0.3) is 11.4 Å². The summed E-state index contributed by atoms with van der Waals surface area (Å²) >= 11 is 0. The monoisotopic (exact) mass is 407 g/mol. The fraction of sp³-hybridized carbons (Fsp3) is 0.364. The van der Waals surface area contributed by atoms with Crippen LogP contribution in [0, 0.1) is 0 Å². The number of fused-ring (bicyclic) bond motifs is 1. The number of pyridine rings is 1. The van der Waals surface area contributed by atoms with Gasteiger partial charge in [0.1, 0.15) is 6.04 Å². The third kappa shape index (κ3) is 4.27. The Morgan fingerprint density at radius 1 is 1.23 bits per heavy atom. The topological polar surface area (TPSA) is 93.4 Å². The molecule has 0 saturated heterocycles. The van der Waals surface area contributed by atoms with E-state index in [-0.39, 0.29) is 12.1 Å². The zero-order chi connectivity index (χ0) is 21.1. The van der Waals surface area contributed by atoms with Crippen molar-refractivity contribution in [3.8, 4) is 17.3 Å². The fourth-order valence-electron chi connectivity index (χ4n) is 3.45. The van der Waals surface area contributed by atoms with Crippen LogP contribution < -0.4 is 15.0 Å². The standard InChI is InChI=1S/C22H25N5O3/c1-14(2)29-19-13-17(10-11-23-19)20-25-21(30-26-20)15(3)24-22(28)27-12-6-8-16-7-4-5-9-18(16)27/h4-5,7,9-11,13-15H,6,8,12H2,1-3H3,(H,24,28)/t15-/m0/s1. The number of benzene rings is 1. The molecule has 2 amide bonds. The lowest BCUT2D eigenvalue weighted by molar-refractivity contribution is 0.232. The van der Waals surface area contributed by atoms with Crippen molar-refractivity contribution in [2.24, 2.45) is 0 Å². The summed E-state index contributed by atoms with van der Waals surface area (Å²) in [5, 5.41) is 7.01. The van der Waals surface area contributed by atoms with Gasteiger partial charge in [-0.25, -0.2) is 9.78 Å². The summed E-state index contributed by atoms with van der Waals surface area (Å²) in [4.78, 5) is 23.3. The molecule has 1 aromatic carbocycles. The fourth-order valence-corrected chi connectivity index (χ4v) is 3.45. The Morgan fingerprint density at radius 2 is 2.07 bits per heavy atom. The highest BCUT2D eigenvalue weighted by atomic mass is 16.5. The van der Waals surface area contributed by atoms with Crippen LogP contribution in [0.2, 0.25) is 0 Å². The molecule has 4 rings (SSSR count). The minimum atomic E-state index is -0.430. The summed E-state index contributed by atoms with van der Waals surface area (Å²) < 4.78 is 11.0. The van der Waals surface area contributed by atoms with E-state index in [0.29, 0.717) is 24.1 Å². The molecule has 0 spiro atoms. The van der Waals surface area contributed by atoms with Crippen molar-refractivity contribution in [1.82, 2.24) is 20.4 Å². The number of nitrogens with zero attached hydrogens (tertiary/aromatic N) is 4. The number of rotatable bonds is 5. The highest BCUT2D eigenvalue weighted by Crippen LogP contribution is 2.27. The Labute approximate surface area is 175 Å². The summed E-state index contributed by atoms with van der Waals surface area (Å²) in [6.45, 7) is 6.38. The first-order valence-corrected chi connectivity index (χ1v) is 10.1. The minimum Gasteiger partial charge on any atom is -0.475 e. The van der Waals surface area contributed by atoms with Crippen LogP contribution in [0.15, 0.2) is 47.1 Å². The predicted octanol–water partition coefficient (Wildman–Crippen LogP) is 4.14. The summed E-state index contributed by atoms with van der Waals surface area (Å²) in [5.74, 6) is 1.26. The normalized spacial score (nSPS) is 14.3. The van der Waals surface area contributed by atoms with Crippen LogP contribution >= 0.6 is 0 Å². The van der Waals surface area contributed by atoms with Gasteiger partial charge in [-0.15, -0.1) is 0 Å². The minimum absolute atomic E-state index is 0.0173. The van der Waals surface area contributed by atoms with Crippen molar-refractivity contribution in [2.75, 3.05) is 11.4 Å². The molecule has 0 bridgehead atoms. The molecule has 0 aliphatic carbocycles. The smallest absolute Gasteiger partial charge is 0.322 e. The van der Waals surface area contributed by atoms with Gasteiger partial charge in [0.05, 0.1) is 6.10 Å². The second kappa shape index (κ2) is 8.52. The van der Waals surface area contributed by atoms with Crippen LogP contribution in [0.1, 0.15) is 44.7 Å². The van der Waals surface area contributed by atoms with Gasteiger partial charge in [-0.1, -0.05) is 23.4 Å². The maximum atomic E-state index is 12.9. The highest BCUT2D eigenvalue weighted by Gasteiger charge is 2.25. The number of aryl methyl sites for hydroxylation is 1. The second-order valence-electron chi connectivity index (χ2n) is 7.56. The lowest BCUT2D eigenvalue weighted by Gasteiger charge is -2.30. The number of amides is 2. The molecule has 0 radical (unpaired) electrons. The molecule has 1 N–H and O–H groups in total. The molecule has 0 fully saturated rings. The van der Waals surface area contributed by atoms with Gasteiger partial charge in [0.15, 0.2) is 0 Å². The van der Waals surface area contributed by atoms with Crippen molar-refractivity contribution in [3.05, 3.63) is 54.0 Å². The van der Waals surface area contributed by atoms with Crippen LogP contribution in [-0.2, 0) is 6.42 Å². The number of hydrogen-bond donors (Lipinski definition) is 1. The van der Waals surface area contributed by atoms with Crippen molar-refractivity contribution in [3.63, 3.8) is 0 Å². The molecule has 156 valence electrons. The zero-order valence-electron chi connectivity index (χ0n) is 17.3. The number of nitrogens with one attached hydrogen (secondary N) is 1. The van der Waals surface area contributed by atoms with Gasteiger partial charge in [0.25, 0.3) is 0 Å². The molecule has 1 atom stereocenters. The van der Waals surface area contributed by atoms with E-state index < -0.39 is 6.04 Å². The molecule has 2 aromatic heterocycles. The Morgan fingerprint density at radius 3 is 2.90 bits per heavy atom. The zero-order valence-corrected chi connectivity index (χ0v) is 17.3. The molecule has 8 heteroatoms. The first kappa shape index (κ1) is 19.9. The number of carbonyl (C=O) groups is 1. The highest BCUT2D eigenvalue weighted by molar-refractivity contribution is 5.93. The van der Waals surface area contributed by atoms with E-state index in [4.69, 9.17) is 9.26 Å². The van der Waals surface area contributed by atoms with E-state index in [9.17, 15) is 4.79 Å². The third-order valence-electron chi connectivity index (χ3n) is 4.86. The lowest BCUT2D eigenvalue weighted by Crippen LogP contribution is -2.43. The van der Waals surface area contributed by atoms with E-state index in [1.807, 2.05) is 39.0 Å². The summed E-state index contributed by atoms with van der Waals surface area (Å²) in [7, 11) is 0. The Kier molecular flexibility index (Phi) is 5.65. The SMILES string of the molecule is CC(C)Oc1cc(-c2noc([C@H](C)NC(=O)N3CCCc4ccccc43)n2)ccn1. The van der Waals surface area contributed by atoms with Gasteiger partial charge in [-0.3, -0.25) is 4.90 Å². The maximum Gasteiger partial charge on any atom is 0.322 e. The molecule has 0 unspecified atom stereocenters. The number of urea groups is 1. The molecule has 0 saturated carbocycles. The van der Waals surface area contributed by atoms with Crippen molar-refractivity contribution in [1.29, 1.82) is 0 Å². The van der Waals surface area contributed by atoms with E-state index in [1.54, 1.807) is 23.2 Å². The number of ether oxygens (including phenoxy) is 1. The molecule has 30 heavy (non-hydrogen) atoms. The van der Waals surface area contributed by atoms with Crippen LogP contribution in [0.4, 0.5) is 10.5 Å². The number of anilines is 1. The molecule has 8 nitrogen and oxygen atoms in total. The van der Waals surface area contributed by atoms with Gasteiger partial charge in [-0.05, 0) is 51.3 Å². The summed E-state index contributed by atoms with van der Waals surface area (Å²) in [6.07, 6.45) is 3.58. The third-order valence-corrected chi connectivity index (χ3v) is 4.86. The Hall–Kier alpha value is -3.42. The number of carbonyl (C=O) groups excluding carboxylic acids is 1. The molecule has 3 aromatic rings. The summed E-state index contributed by atoms with van der Waals surface area (Å²) in [6, 6.07) is 10.9. The van der Waals surface area contributed by atoms with E-state index >= 15 is 0 Å². The van der Waals surface area contributed by atoms with Gasteiger partial charge >= 0.3 is 6.03 Å². The molecule has 1 aliphatic rings. The lowest BCUT2D eigenvalue weighted by atomic mass is 10.0. The molecular formula is C22H25N5O3. The largest absolute Gasteiger partial charge is 0.475 e. The molecular weight excluding hydrogens is 382 g/mol. The van der Waals surface area contributed by atoms with Crippen molar-refractivity contribution < 1.29 is 14.1 Å². The predicted molar refractivity (Wildman–Crippen MR) is 112 cm³/mol. The van der Waals surface area contributed by atoms with Crippen LogP contribution in [0.5, 0.6) is 5.88 Å². The number of hydrogen-bond acceptors (Lipinski definition) is 6. The average Bonchev–Trinajstić information content (AvgIpc) is 3.23. The molecule has 3 heterocycles. The molecule has 1 aliphatic heterocycles. The van der Waals surface area contributed by atoms with Gasteiger partial charge in [0.2, 0.25) is 17.6 Å². The summed E-state index contributed by atoms with van der Waals surface area (Å²) in [5.41, 5.74) is 2.87. The van der Waals surface area contributed by atoms with E-state index in [2.05, 4.69) is 26.5 Å². The van der Waals surface area contributed by atoms with E-state index in [1.165, 1.54) is 5.56 Å².